The van der Waals surface area contributed by atoms with Gasteiger partial charge in [-0.05, 0) is 62.9 Å². The smallest absolute Gasteiger partial charge is 0.129 e. The number of nitrogens with zero attached hydrogens (tertiary/aromatic N) is 3. The van der Waals surface area contributed by atoms with Gasteiger partial charge < -0.3 is 14.4 Å². The first kappa shape index (κ1) is 16.4. The Morgan fingerprint density at radius 3 is 2.75 bits per heavy atom. The average Bonchev–Trinajstić information content (AvgIpc) is 3.18. The van der Waals surface area contributed by atoms with Crippen molar-refractivity contribution < 1.29 is 9.47 Å². The molecule has 0 radical (unpaired) electrons. The summed E-state index contributed by atoms with van der Waals surface area (Å²) in [5.74, 6) is 1.94. The lowest BCUT2D eigenvalue weighted by molar-refractivity contribution is 0.0902. The van der Waals surface area contributed by atoms with Gasteiger partial charge in [0.2, 0.25) is 0 Å². The van der Waals surface area contributed by atoms with Crippen molar-refractivity contribution in [2.24, 2.45) is 0 Å². The van der Waals surface area contributed by atoms with E-state index in [9.17, 15) is 0 Å². The summed E-state index contributed by atoms with van der Waals surface area (Å²) < 4.78 is 11.9. The standard InChI is InChI=1S/C22H24N4O2/c1-22(7-8-22)28-17-4-5-19-18(11-17)21(25-24-19)14-6-9-23-20(10-14)26-15-2-3-16(26)13-27-12-15/h4-6,9-11,15-16H,2-3,7-8,12-13H2,1H3,(H,24,25). The molecule has 4 heterocycles. The number of hydrogen-bond acceptors (Lipinski definition) is 5. The second kappa shape index (κ2) is 5.95. The van der Waals surface area contributed by atoms with E-state index in [0.29, 0.717) is 12.1 Å². The van der Waals surface area contributed by atoms with E-state index in [2.05, 4.69) is 45.2 Å². The zero-order chi connectivity index (χ0) is 18.7. The van der Waals surface area contributed by atoms with E-state index in [1.807, 2.05) is 18.3 Å². The van der Waals surface area contributed by atoms with E-state index >= 15 is 0 Å². The summed E-state index contributed by atoms with van der Waals surface area (Å²) in [4.78, 5) is 7.12. The van der Waals surface area contributed by atoms with Crippen LogP contribution in [0.4, 0.5) is 5.82 Å². The molecule has 6 heteroatoms. The molecule has 2 aromatic heterocycles. The first-order valence-electron chi connectivity index (χ1n) is 10.2. The average molecular weight is 376 g/mol. The third-order valence-electron chi connectivity index (χ3n) is 6.38. The second-order valence-electron chi connectivity index (χ2n) is 8.56. The summed E-state index contributed by atoms with van der Waals surface area (Å²) in [7, 11) is 0. The molecule has 6 rings (SSSR count). The third-order valence-corrected chi connectivity index (χ3v) is 6.38. The fourth-order valence-electron chi connectivity index (χ4n) is 4.55. The number of aromatic amines is 1. The van der Waals surface area contributed by atoms with Crippen LogP contribution < -0.4 is 9.64 Å². The van der Waals surface area contributed by atoms with Crippen molar-refractivity contribution in [3.05, 3.63) is 36.5 Å². The van der Waals surface area contributed by atoms with Crippen LogP contribution in [0.15, 0.2) is 36.5 Å². The van der Waals surface area contributed by atoms with Crippen molar-refractivity contribution in [3.63, 3.8) is 0 Å². The first-order chi connectivity index (χ1) is 13.7. The van der Waals surface area contributed by atoms with Crippen LogP contribution >= 0.6 is 0 Å². The van der Waals surface area contributed by atoms with Crippen LogP contribution in [-0.4, -0.2) is 46.1 Å². The molecule has 0 amide bonds. The van der Waals surface area contributed by atoms with E-state index in [4.69, 9.17) is 9.47 Å². The van der Waals surface area contributed by atoms with Gasteiger partial charge in [0.15, 0.2) is 0 Å². The predicted octanol–water partition coefficient (Wildman–Crippen LogP) is 3.92. The SMILES string of the molecule is CC1(Oc2ccc3[nH]nc(-c4ccnc(N5C6CCC5COC6)c4)c3c2)CC1. The van der Waals surface area contributed by atoms with Crippen molar-refractivity contribution in [3.8, 4) is 17.0 Å². The van der Waals surface area contributed by atoms with Crippen molar-refractivity contribution in [2.75, 3.05) is 18.1 Å². The van der Waals surface area contributed by atoms with Gasteiger partial charge in [-0.15, -0.1) is 0 Å². The van der Waals surface area contributed by atoms with Crippen LogP contribution in [0.3, 0.4) is 0 Å². The van der Waals surface area contributed by atoms with Gasteiger partial charge in [0.25, 0.3) is 0 Å². The predicted molar refractivity (Wildman–Crippen MR) is 108 cm³/mol. The van der Waals surface area contributed by atoms with Crippen LogP contribution in [0.2, 0.25) is 0 Å². The van der Waals surface area contributed by atoms with Crippen LogP contribution in [0, 0.1) is 0 Å². The molecule has 28 heavy (non-hydrogen) atoms. The molecule has 1 aliphatic carbocycles. The maximum atomic E-state index is 6.16. The van der Waals surface area contributed by atoms with Gasteiger partial charge in [0.1, 0.15) is 22.9 Å². The molecule has 3 fully saturated rings. The lowest BCUT2D eigenvalue weighted by Crippen LogP contribution is -2.46. The Morgan fingerprint density at radius 1 is 1.14 bits per heavy atom. The number of rotatable bonds is 4. The Hall–Kier alpha value is -2.60. The summed E-state index contributed by atoms with van der Waals surface area (Å²) >= 11 is 0. The monoisotopic (exact) mass is 376 g/mol. The number of pyridine rings is 1. The maximum Gasteiger partial charge on any atom is 0.129 e. The number of hydrogen-bond donors (Lipinski definition) is 1. The van der Waals surface area contributed by atoms with Crippen molar-refractivity contribution in [1.29, 1.82) is 0 Å². The summed E-state index contributed by atoms with van der Waals surface area (Å²) in [6.45, 7) is 3.76. The molecule has 2 unspecified atom stereocenters. The number of aromatic nitrogens is 3. The van der Waals surface area contributed by atoms with Crippen molar-refractivity contribution in [2.45, 2.75) is 50.3 Å². The maximum absolute atomic E-state index is 6.16. The summed E-state index contributed by atoms with van der Waals surface area (Å²) in [6.07, 6.45) is 6.51. The highest BCUT2D eigenvalue weighted by Gasteiger charge is 2.40. The fraction of sp³-hybridized carbons (Fsp3) is 0.455. The van der Waals surface area contributed by atoms with Gasteiger partial charge in [0, 0.05) is 17.1 Å². The van der Waals surface area contributed by atoms with Crippen LogP contribution in [0.25, 0.3) is 22.2 Å². The lowest BCUT2D eigenvalue weighted by Gasteiger charge is -2.35. The molecular weight excluding hydrogens is 352 g/mol. The van der Waals surface area contributed by atoms with E-state index in [1.165, 1.54) is 12.8 Å². The van der Waals surface area contributed by atoms with Crippen molar-refractivity contribution in [1.82, 2.24) is 15.2 Å². The molecule has 1 aromatic carbocycles. The van der Waals surface area contributed by atoms with Crippen LogP contribution in [0.1, 0.15) is 32.6 Å². The molecule has 1 saturated carbocycles. The van der Waals surface area contributed by atoms with E-state index < -0.39 is 0 Å². The van der Waals surface area contributed by atoms with E-state index in [-0.39, 0.29) is 5.60 Å². The number of H-pyrrole nitrogens is 1. The minimum atomic E-state index is 0.0109. The zero-order valence-electron chi connectivity index (χ0n) is 16.0. The fourth-order valence-corrected chi connectivity index (χ4v) is 4.55. The molecule has 144 valence electrons. The normalized spacial score (nSPS) is 25.2. The molecule has 2 atom stereocenters. The summed E-state index contributed by atoms with van der Waals surface area (Å²) in [5.41, 5.74) is 3.06. The number of morpholine rings is 1. The van der Waals surface area contributed by atoms with Gasteiger partial charge in [0.05, 0.1) is 30.8 Å². The van der Waals surface area contributed by atoms with Gasteiger partial charge in [-0.1, -0.05) is 0 Å². The first-order valence-corrected chi connectivity index (χ1v) is 10.2. The molecule has 3 aliphatic rings. The highest BCUT2D eigenvalue weighted by molar-refractivity contribution is 5.94. The quantitative estimate of drug-likeness (QED) is 0.748. The number of nitrogens with one attached hydrogen (secondary N) is 1. The second-order valence-corrected chi connectivity index (χ2v) is 8.56. The molecule has 2 bridgehead atoms. The molecule has 3 aromatic rings. The molecule has 2 saturated heterocycles. The van der Waals surface area contributed by atoms with Gasteiger partial charge in [-0.3, -0.25) is 5.10 Å². The Kier molecular flexibility index (Phi) is 3.48. The summed E-state index contributed by atoms with van der Waals surface area (Å²) in [5, 5.41) is 8.86. The molecule has 0 spiro atoms. The van der Waals surface area contributed by atoms with Crippen LogP contribution in [0.5, 0.6) is 5.75 Å². The van der Waals surface area contributed by atoms with E-state index in [0.717, 1.165) is 59.8 Å². The Bertz CT molecular complexity index is 1030. The number of fused-ring (bicyclic) bond motifs is 3. The highest BCUT2D eigenvalue weighted by atomic mass is 16.5. The Labute approximate surface area is 163 Å². The highest BCUT2D eigenvalue weighted by Crippen LogP contribution is 2.41. The molecule has 6 nitrogen and oxygen atoms in total. The van der Waals surface area contributed by atoms with Gasteiger partial charge in [-0.25, -0.2) is 4.98 Å². The largest absolute Gasteiger partial charge is 0.488 e. The number of anilines is 1. The Morgan fingerprint density at radius 2 is 1.96 bits per heavy atom. The minimum Gasteiger partial charge on any atom is -0.488 e. The zero-order valence-corrected chi connectivity index (χ0v) is 16.0. The molecular formula is C22H24N4O2. The minimum absolute atomic E-state index is 0.0109. The van der Waals surface area contributed by atoms with Gasteiger partial charge >= 0.3 is 0 Å². The number of ether oxygens (including phenoxy) is 2. The third kappa shape index (κ3) is 2.66. The van der Waals surface area contributed by atoms with E-state index in [1.54, 1.807) is 0 Å². The Balaban J connectivity index is 1.38. The molecule has 2 aliphatic heterocycles. The topological polar surface area (TPSA) is 63.3 Å². The van der Waals surface area contributed by atoms with Crippen molar-refractivity contribution >= 4 is 16.7 Å². The van der Waals surface area contributed by atoms with Crippen LogP contribution in [-0.2, 0) is 4.74 Å². The summed E-state index contributed by atoms with van der Waals surface area (Å²) in [6, 6.07) is 11.3. The molecule has 1 N–H and O–H groups in total. The lowest BCUT2D eigenvalue weighted by atomic mass is 10.1. The van der Waals surface area contributed by atoms with Gasteiger partial charge in [-0.2, -0.15) is 5.10 Å². The number of benzene rings is 1.